The zero-order chi connectivity index (χ0) is 25.1. The summed E-state index contributed by atoms with van der Waals surface area (Å²) in [6.45, 7) is -0.541. The van der Waals surface area contributed by atoms with Crippen molar-refractivity contribution in [2.24, 2.45) is 0 Å². The van der Waals surface area contributed by atoms with Gasteiger partial charge in [0.05, 0.1) is 5.56 Å². The van der Waals surface area contributed by atoms with Crippen LogP contribution in [0.2, 0.25) is 0 Å². The van der Waals surface area contributed by atoms with E-state index < -0.39 is 24.3 Å². The molecule has 0 bridgehead atoms. The van der Waals surface area contributed by atoms with Gasteiger partial charge < -0.3 is 10.1 Å². The lowest BCUT2D eigenvalue weighted by molar-refractivity contribution is -0.119. The molecule has 1 aliphatic rings. The first kappa shape index (κ1) is 22.9. The van der Waals surface area contributed by atoms with Crippen molar-refractivity contribution < 1.29 is 23.9 Å². The lowest BCUT2D eigenvalue weighted by atomic mass is 9.82. The maximum absolute atomic E-state index is 13.1. The summed E-state index contributed by atoms with van der Waals surface area (Å²) in [6, 6.07) is 28.2. The number of hydrogen-bond donors (Lipinski definition) is 1. The van der Waals surface area contributed by atoms with Gasteiger partial charge in [-0.2, -0.15) is 0 Å². The maximum atomic E-state index is 13.1. The van der Waals surface area contributed by atoms with Crippen LogP contribution in [0.25, 0.3) is 0 Å². The maximum Gasteiger partial charge on any atom is 0.339 e. The van der Waals surface area contributed by atoms with Crippen LogP contribution in [0.1, 0.15) is 53.3 Å². The zero-order valence-electron chi connectivity index (χ0n) is 19.2. The van der Waals surface area contributed by atoms with E-state index in [-0.39, 0.29) is 28.0 Å². The van der Waals surface area contributed by atoms with E-state index >= 15 is 0 Å². The number of ketones is 2. The van der Waals surface area contributed by atoms with Crippen molar-refractivity contribution in [3.05, 3.63) is 136 Å². The number of esters is 1. The highest BCUT2D eigenvalue weighted by molar-refractivity contribution is 6.30. The summed E-state index contributed by atoms with van der Waals surface area (Å²) in [5.74, 6) is -2.11. The van der Waals surface area contributed by atoms with Gasteiger partial charge in [-0.25, -0.2) is 4.79 Å². The molecule has 0 fully saturated rings. The average molecular weight is 476 g/mol. The minimum Gasteiger partial charge on any atom is -0.452 e. The minimum absolute atomic E-state index is 0.000171. The Labute approximate surface area is 207 Å². The fourth-order valence-electron chi connectivity index (χ4n) is 4.32. The highest BCUT2D eigenvalue weighted by atomic mass is 16.5. The molecule has 6 heteroatoms. The molecule has 4 aromatic rings. The molecule has 4 aromatic carbocycles. The van der Waals surface area contributed by atoms with Gasteiger partial charge in [0.1, 0.15) is 0 Å². The van der Waals surface area contributed by atoms with Crippen molar-refractivity contribution in [1.82, 2.24) is 0 Å². The van der Waals surface area contributed by atoms with Gasteiger partial charge in [0, 0.05) is 27.9 Å². The molecule has 0 radical (unpaired) electrons. The average Bonchev–Trinajstić information content (AvgIpc) is 2.91. The van der Waals surface area contributed by atoms with Crippen LogP contribution in [0.4, 0.5) is 5.69 Å². The summed E-state index contributed by atoms with van der Waals surface area (Å²) < 4.78 is 5.24. The largest absolute Gasteiger partial charge is 0.452 e. The van der Waals surface area contributed by atoms with Crippen molar-refractivity contribution in [3.63, 3.8) is 0 Å². The van der Waals surface area contributed by atoms with Crippen LogP contribution in [0.3, 0.4) is 0 Å². The van der Waals surface area contributed by atoms with Gasteiger partial charge in [0.2, 0.25) is 0 Å². The third-order valence-corrected chi connectivity index (χ3v) is 6.04. The molecule has 1 N–H and O–H groups in total. The molecule has 6 nitrogen and oxygen atoms in total. The first-order valence-corrected chi connectivity index (χ1v) is 11.4. The Morgan fingerprint density at radius 3 is 2.08 bits per heavy atom. The van der Waals surface area contributed by atoms with Crippen molar-refractivity contribution in [3.8, 4) is 0 Å². The SMILES string of the molecule is O=C(COC(=O)c1cccc2c1C(=O)c1ccccc1C2=O)Nc1ccccc1Cc1ccccc1. The quantitative estimate of drug-likeness (QED) is 0.355. The summed E-state index contributed by atoms with van der Waals surface area (Å²) in [5.41, 5.74) is 3.28. The molecular weight excluding hydrogens is 454 g/mol. The number of amides is 1. The van der Waals surface area contributed by atoms with Gasteiger partial charge in [0.15, 0.2) is 18.2 Å². The molecule has 0 atom stereocenters. The number of carbonyl (C=O) groups is 4. The monoisotopic (exact) mass is 475 g/mol. The smallest absolute Gasteiger partial charge is 0.339 e. The number of rotatable bonds is 6. The summed E-state index contributed by atoms with van der Waals surface area (Å²) in [5, 5.41) is 2.79. The first-order valence-electron chi connectivity index (χ1n) is 11.4. The van der Waals surface area contributed by atoms with Gasteiger partial charge in [-0.15, -0.1) is 0 Å². The molecular formula is C30H21NO5. The molecule has 0 unspecified atom stereocenters. The molecule has 0 saturated carbocycles. The van der Waals surface area contributed by atoms with Crippen molar-refractivity contribution in [2.45, 2.75) is 6.42 Å². The molecule has 0 spiro atoms. The predicted molar refractivity (Wildman–Crippen MR) is 134 cm³/mol. The van der Waals surface area contributed by atoms with Crippen molar-refractivity contribution in [2.75, 3.05) is 11.9 Å². The van der Waals surface area contributed by atoms with E-state index in [1.54, 1.807) is 30.3 Å². The van der Waals surface area contributed by atoms with Gasteiger partial charge in [-0.05, 0) is 29.7 Å². The Bertz CT molecular complexity index is 1510. The van der Waals surface area contributed by atoms with Crippen LogP contribution in [0.5, 0.6) is 0 Å². The number of fused-ring (bicyclic) bond motifs is 2. The van der Waals surface area contributed by atoms with E-state index in [1.165, 1.54) is 18.2 Å². The van der Waals surface area contributed by atoms with Crippen molar-refractivity contribution in [1.29, 1.82) is 0 Å². The minimum atomic E-state index is -0.847. The molecule has 1 aliphatic carbocycles. The fourth-order valence-corrected chi connectivity index (χ4v) is 4.32. The highest BCUT2D eigenvalue weighted by Crippen LogP contribution is 2.30. The first-order chi connectivity index (χ1) is 17.5. The molecule has 1 amide bonds. The second-order valence-electron chi connectivity index (χ2n) is 8.38. The van der Waals surface area contributed by atoms with Gasteiger partial charge in [0.25, 0.3) is 5.91 Å². The number of nitrogens with one attached hydrogen (secondary N) is 1. The fraction of sp³-hybridized carbons (Fsp3) is 0.0667. The van der Waals surface area contributed by atoms with Crippen LogP contribution in [0, 0.1) is 0 Å². The normalized spacial score (nSPS) is 11.9. The van der Waals surface area contributed by atoms with E-state index in [1.807, 2.05) is 48.5 Å². The summed E-state index contributed by atoms with van der Waals surface area (Å²) in [4.78, 5) is 51.5. The van der Waals surface area contributed by atoms with Crippen LogP contribution < -0.4 is 5.32 Å². The standard InChI is InChI=1S/C30H21NO5/c32-26(31-25-16-7-4-11-20(25)17-19-9-2-1-3-10-19)18-36-30(35)24-15-8-14-23-27(24)29(34)22-13-6-5-12-21(22)28(23)33/h1-16H,17-18H2,(H,31,32). The summed E-state index contributed by atoms with van der Waals surface area (Å²) in [6.07, 6.45) is 0.630. The Hall–Kier alpha value is -4.84. The molecule has 0 aliphatic heterocycles. The van der Waals surface area contributed by atoms with Gasteiger partial charge in [-0.3, -0.25) is 14.4 Å². The third kappa shape index (κ3) is 4.44. The Morgan fingerprint density at radius 2 is 1.31 bits per heavy atom. The van der Waals surface area contributed by atoms with Crippen LogP contribution in [0.15, 0.2) is 97.1 Å². The number of para-hydroxylation sites is 1. The molecule has 0 heterocycles. The molecule has 36 heavy (non-hydrogen) atoms. The summed E-state index contributed by atoms with van der Waals surface area (Å²) >= 11 is 0. The number of carbonyl (C=O) groups excluding carboxylic acids is 4. The zero-order valence-corrected chi connectivity index (χ0v) is 19.2. The van der Waals surface area contributed by atoms with Gasteiger partial charge in [-0.1, -0.05) is 84.9 Å². The number of anilines is 1. The summed E-state index contributed by atoms with van der Waals surface area (Å²) in [7, 11) is 0. The number of ether oxygens (including phenoxy) is 1. The van der Waals surface area contributed by atoms with E-state index in [4.69, 9.17) is 4.74 Å². The van der Waals surface area contributed by atoms with Crippen LogP contribution >= 0.6 is 0 Å². The predicted octanol–water partition coefficient (Wildman–Crippen LogP) is 4.85. The molecule has 0 aromatic heterocycles. The molecule has 0 saturated heterocycles. The Kier molecular flexibility index (Phi) is 6.24. The highest BCUT2D eigenvalue weighted by Gasteiger charge is 2.33. The Balaban J connectivity index is 1.30. The number of hydrogen-bond acceptors (Lipinski definition) is 5. The van der Waals surface area contributed by atoms with Gasteiger partial charge >= 0.3 is 5.97 Å². The van der Waals surface area contributed by atoms with E-state index in [2.05, 4.69) is 5.32 Å². The van der Waals surface area contributed by atoms with Crippen LogP contribution in [-0.2, 0) is 16.0 Å². The topological polar surface area (TPSA) is 89.5 Å². The lowest BCUT2D eigenvalue weighted by Gasteiger charge is -2.19. The second kappa shape index (κ2) is 9.80. The van der Waals surface area contributed by atoms with Crippen molar-refractivity contribution >= 4 is 29.1 Å². The lowest BCUT2D eigenvalue weighted by Crippen LogP contribution is -2.26. The third-order valence-electron chi connectivity index (χ3n) is 6.04. The Morgan fingerprint density at radius 1 is 0.667 bits per heavy atom. The molecule has 5 rings (SSSR count). The van der Waals surface area contributed by atoms with E-state index in [0.29, 0.717) is 17.7 Å². The van der Waals surface area contributed by atoms with E-state index in [9.17, 15) is 19.2 Å². The molecule has 176 valence electrons. The second-order valence-corrected chi connectivity index (χ2v) is 8.38. The van der Waals surface area contributed by atoms with E-state index in [0.717, 1.165) is 11.1 Å². The number of benzene rings is 4. The van der Waals surface area contributed by atoms with Crippen LogP contribution in [-0.4, -0.2) is 30.0 Å².